The Morgan fingerprint density at radius 1 is 1.18 bits per heavy atom. The summed E-state index contributed by atoms with van der Waals surface area (Å²) in [4.78, 5) is 0. The number of rotatable bonds is 1. The predicted molar refractivity (Wildman–Crippen MR) is 62.9 cm³/mol. The SMILES string of the molecule is CC(N)c1cc(N)c(F)c(C(F)(F)F)c1.Cl.Cl. The van der Waals surface area contributed by atoms with Crippen molar-refractivity contribution in [2.75, 3.05) is 5.73 Å². The van der Waals surface area contributed by atoms with Crippen molar-refractivity contribution in [2.24, 2.45) is 5.73 Å². The second kappa shape index (κ2) is 6.28. The Bertz CT molecular complexity index is 380. The molecular formula is C9H12Cl2F4N2. The van der Waals surface area contributed by atoms with Gasteiger partial charge >= 0.3 is 6.18 Å². The molecule has 1 atom stereocenters. The van der Waals surface area contributed by atoms with Crippen LogP contribution in [0.1, 0.15) is 24.1 Å². The number of anilines is 1. The number of nitrogen functional groups attached to an aromatic ring is 1. The van der Waals surface area contributed by atoms with Crippen LogP contribution >= 0.6 is 24.8 Å². The largest absolute Gasteiger partial charge is 0.419 e. The summed E-state index contributed by atoms with van der Waals surface area (Å²) >= 11 is 0. The first kappa shape index (κ1) is 18.6. The van der Waals surface area contributed by atoms with E-state index in [2.05, 4.69) is 0 Å². The van der Waals surface area contributed by atoms with E-state index in [9.17, 15) is 17.6 Å². The third-order valence-electron chi connectivity index (χ3n) is 1.95. The third-order valence-corrected chi connectivity index (χ3v) is 1.95. The molecule has 0 saturated heterocycles. The number of hydrogen-bond acceptors (Lipinski definition) is 2. The molecule has 0 saturated carbocycles. The maximum Gasteiger partial charge on any atom is 0.419 e. The second-order valence-electron chi connectivity index (χ2n) is 3.26. The number of alkyl halides is 3. The van der Waals surface area contributed by atoms with E-state index >= 15 is 0 Å². The minimum Gasteiger partial charge on any atom is -0.396 e. The quantitative estimate of drug-likeness (QED) is 0.617. The van der Waals surface area contributed by atoms with Gasteiger partial charge in [0.15, 0.2) is 5.82 Å². The molecule has 17 heavy (non-hydrogen) atoms. The van der Waals surface area contributed by atoms with Crippen molar-refractivity contribution >= 4 is 30.5 Å². The molecule has 0 aliphatic heterocycles. The highest BCUT2D eigenvalue weighted by atomic mass is 35.5. The first-order valence-electron chi connectivity index (χ1n) is 4.15. The fraction of sp³-hybridized carbons (Fsp3) is 0.333. The van der Waals surface area contributed by atoms with E-state index in [1.54, 1.807) is 0 Å². The molecule has 0 aliphatic rings. The van der Waals surface area contributed by atoms with Crippen molar-refractivity contribution in [3.05, 3.63) is 29.1 Å². The summed E-state index contributed by atoms with van der Waals surface area (Å²) in [5, 5.41) is 0. The van der Waals surface area contributed by atoms with E-state index in [-0.39, 0.29) is 30.4 Å². The zero-order chi connectivity index (χ0) is 11.8. The molecule has 2 nitrogen and oxygen atoms in total. The van der Waals surface area contributed by atoms with E-state index in [4.69, 9.17) is 11.5 Å². The first-order valence-corrected chi connectivity index (χ1v) is 4.15. The van der Waals surface area contributed by atoms with Gasteiger partial charge in [0.05, 0.1) is 11.3 Å². The Labute approximate surface area is 108 Å². The summed E-state index contributed by atoms with van der Waals surface area (Å²) in [7, 11) is 0. The van der Waals surface area contributed by atoms with E-state index in [0.29, 0.717) is 6.07 Å². The minimum atomic E-state index is -4.76. The molecule has 0 aromatic heterocycles. The summed E-state index contributed by atoms with van der Waals surface area (Å²) < 4.78 is 50.1. The Kier molecular flexibility index (Phi) is 6.88. The van der Waals surface area contributed by atoms with Crippen LogP contribution in [-0.4, -0.2) is 0 Å². The van der Waals surface area contributed by atoms with Gasteiger partial charge in [-0.15, -0.1) is 24.8 Å². The standard InChI is InChI=1S/C9H10F4N2.2ClH/c1-4(14)5-2-6(9(11,12)13)8(10)7(15)3-5;;/h2-4H,14-15H2,1H3;2*1H. The molecule has 1 aromatic carbocycles. The highest BCUT2D eigenvalue weighted by Crippen LogP contribution is 2.35. The molecule has 1 unspecified atom stereocenters. The Morgan fingerprint density at radius 3 is 2.00 bits per heavy atom. The van der Waals surface area contributed by atoms with Crippen LogP contribution in [0.15, 0.2) is 12.1 Å². The fourth-order valence-corrected chi connectivity index (χ4v) is 1.14. The van der Waals surface area contributed by atoms with Gasteiger partial charge in [0.2, 0.25) is 0 Å². The molecule has 0 aliphatic carbocycles. The van der Waals surface area contributed by atoms with Crippen LogP contribution in [0.5, 0.6) is 0 Å². The number of nitrogens with two attached hydrogens (primary N) is 2. The summed E-state index contributed by atoms with van der Waals surface area (Å²) in [5.74, 6) is -1.45. The van der Waals surface area contributed by atoms with Crippen molar-refractivity contribution in [3.63, 3.8) is 0 Å². The molecule has 4 N–H and O–H groups in total. The van der Waals surface area contributed by atoms with Gasteiger partial charge in [0.1, 0.15) is 0 Å². The van der Waals surface area contributed by atoms with Crippen LogP contribution in [0.4, 0.5) is 23.2 Å². The zero-order valence-corrected chi connectivity index (χ0v) is 10.3. The summed E-state index contributed by atoms with van der Waals surface area (Å²) in [6.45, 7) is 1.49. The van der Waals surface area contributed by atoms with Gasteiger partial charge in [-0.3, -0.25) is 0 Å². The third kappa shape index (κ3) is 4.22. The molecular weight excluding hydrogens is 283 g/mol. The summed E-state index contributed by atoms with van der Waals surface area (Å²) in [6.07, 6.45) is -4.76. The van der Waals surface area contributed by atoms with Gasteiger partial charge in [0.25, 0.3) is 0 Å². The average molecular weight is 295 g/mol. The number of hydrogen-bond donors (Lipinski definition) is 2. The van der Waals surface area contributed by atoms with Gasteiger partial charge in [-0.2, -0.15) is 13.2 Å². The summed E-state index contributed by atoms with van der Waals surface area (Å²) in [5.41, 5.74) is 8.75. The lowest BCUT2D eigenvalue weighted by Crippen LogP contribution is -2.14. The normalized spacial score (nSPS) is 12.4. The van der Waals surface area contributed by atoms with Crippen LogP contribution in [0.3, 0.4) is 0 Å². The van der Waals surface area contributed by atoms with E-state index in [1.807, 2.05) is 0 Å². The zero-order valence-electron chi connectivity index (χ0n) is 8.72. The molecule has 0 fully saturated rings. The number of benzene rings is 1. The van der Waals surface area contributed by atoms with Crippen LogP contribution in [0, 0.1) is 5.82 Å². The van der Waals surface area contributed by atoms with Gasteiger partial charge in [0, 0.05) is 6.04 Å². The Balaban J connectivity index is 0. The monoisotopic (exact) mass is 294 g/mol. The van der Waals surface area contributed by atoms with Crippen molar-refractivity contribution < 1.29 is 17.6 Å². The van der Waals surface area contributed by atoms with Gasteiger partial charge in [-0.1, -0.05) is 0 Å². The topological polar surface area (TPSA) is 52.0 Å². The molecule has 0 bridgehead atoms. The van der Waals surface area contributed by atoms with E-state index in [1.165, 1.54) is 6.92 Å². The van der Waals surface area contributed by atoms with Crippen molar-refractivity contribution in [1.82, 2.24) is 0 Å². The lowest BCUT2D eigenvalue weighted by atomic mass is 10.0. The highest BCUT2D eigenvalue weighted by Gasteiger charge is 2.35. The van der Waals surface area contributed by atoms with Gasteiger partial charge < -0.3 is 11.5 Å². The number of halogens is 6. The molecule has 0 spiro atoms. The van der Waals surface area contributed by atoms with Crippen LogP contribution in [0.2, 0.25) is 0 Å². The molecule has 0 amide bonds. The summed E-state index contributed by atoms with van der Waals surface area (Å²) in [6, 6.07) is 1.15. The van der Waals surface area contributed by atoms with Crippen molar-refractivity contribution in [3.8, 4) is 0 Å². The van der Waals surface area contributed by atoms with E-state index in [0.717, 1.165) is 6.07 Å². The minimum absolute atomic E-state index is 0. The highest BCUT2D eigenvalue weighted by molar-refractivity contribution is 5.85. The molecule has 0 radical (unpaired) electrons. The van der Waals surface area contributed by atoms with Gasteiger partial charge in [-0.05, 0) is 24.6 Å². The smallest absolute Gasteiger partial charge is 0.396 e. The van der Waals surface area contributed by atoms with E-state index < -0.39 is 29.3 Å². The molecule has 1 rings (SSSR count). The van der Waals surface area contributed by atoms with Crippen molar-refractivity contribution in [2.45, 2.75) is 19.1 Å². The van der Waals surface area contributed by atoms with Crippen LogP contribution in [-0.2, 0) is 6.18 Å². The predicted octanol–water partition coefficient (Wildman–Crippen LogP) is 3.29. The molecule has 0 heterocycles. The maximum absolute atomic E-state index is 13.1. The lowest BCUT2D eigenvalue weighted by Gasteiger charge is -2.13. The Hall–Kier alpha value is -0.720. The average Bonchev–Trinajstić information content (AvgIpc) is 2.06. The molecule has 8 heteroatoms. The first-order chi connectivity index (χ1) is 6.73. The van der Waals surface area contributed by atoms with Gasteiger partial charge in [-0.25, -0.2) is 4.39 Å². The van der Waals surface area contributed by atoms with Crippen LogP contribution < -0.4 is 11.5 Å². The van der Waals surface area contributed by atoms with Crippen LogP contribution in [0.25, 0.3) is 0 Å². The second-order valence-corrected chi connectivity index (χ2v) is 3.26. The maximum atomic E-state index is 13.1. The Morgan fingerprint density at radius 2 is 1.65 bits per heavy atom. The molecule has 1 aromatic rings. The fourth-order valence-electron chi connectivity index (χ4n) is 1.14. The lowest BCUT2D eigenvalue weighted by molar-refractivity contribution is -0.139. The molecule has 100 valence electrons. The van der Waals surface area contributed by atoms with Crippen molar-refractivity contribution in [1.29, 1.82) is 0 Å².